The highest BCUT2D eigenvalue weighted by Gasteiger charge is 2.10. The lowest BCUT2D eigenvalue weighted by atomic mass is 10.1. The van der Waals surface area contributed by atoms with Crippen LogP contribution in [-0.2, 0) is 11.2 Å². The molecule has 28 heavy (non-hydrogen) atoms. The van der Waals surface area contributed by atoms with Crippen molar-refractivity contribution < 1.29 is 4.79 Å². The Morgan fingerprint density at radius 1 is 1.00 bits per heavy atom. The fourth-order valence-corrected chi connectivity index (χ4v) is 4.34. The Morgan fingerprint density at radius 2 is 1.86 bits per heavy atom. The van der Waals surface area contributed by atoms with Crippen LogP contribution in [0.3, 0.4) is 0 Å². The molecule has 0 radical (unpaired) electrons. The minimum Gasteiger partial charge on any atom is -0.361 e. The number of nitrogens with one attached hydrogen (secondary N) is 2. The lowest BCUT2D eigenvalue weighted by Crippen LogP contribution is -2.14. The van der Waals surface area contributed by atoms with Crippen LogP contribution in [0.25, 0.3) is 31.7 Å². The van der Waals surface area contributed by atoms with Gasteiger partial charge in [-0.1, -0.05) is 42.5 Å². The highest BCUT2D eigenvalue weighted by molar-refractivity contribution is 7.21. The predicted octanol–water partition coefficient (Wildman–Crippen LogP) is 5.63. The Bertz CT molecular complexity index is 1270. The van der Waals surface area contributed by atoms with E-state index in [0.717, 1.165) is 42.9 Å². The van der Waals surface area contributed by atoms with Gasteiger partial charge in [-0.05, 0) is 35.9 Å². The number of hydrogen-bond acceptors (Lipinski definition) is 3. The number of aromatic nitrogens is 2. The van der Waals surface area contributed by atoms with Crippen molar-refractivity contribution >= 4 is 44.1 Å². The number of amides is 1. The number of rotatable bonds is 4. The lowest BCUT2D eigenvalue weighted by molar-refractivity contribution is -0.115. The summed E-state index contributed by atoms with van der Waals surface area (Å²) in [4.78, 5) is 20.5. The minimum atomic E-state index is -0.0359. The molecule has 2 aromatic heterocycles. The first-order valence-corrected chi connectivity index (χ1v) is 9.89. The van der Waals surface area contributed by atoms with Gasteiger partial charge in [0.2, 0.25) is 5.91 Å². The average Bonchev–Trinajstić information content (AvgIpc) is 3.33. The van der Waals surface area contributed by atoms with Crippen molar-refractivity contribution in [2.75, 3.05) is 5.32 Å². The molecule has 5 aromatic rings. The highest BCUT2D eigenvalue weighted by atomic mass is 32.1. The van der Waals surface area contributed by atoms with Crippen molar-refractivity contribution in [2.24, 2.45) is 0 Å². The molecule has 0 saturated carbocycles. The first kappa shape index (κ1) is 16.7. The van der Waals surface area contributed by atoms with Crippen LogP contribution in [0.1, 0.15) is 5.56 Å². The van der Waals surface area contributed by atoms with E-state index < -0.39 is 0 Å². The molecule has 5 heteroatoms. The molecule has 136 valence electrons. The van der Waals surface area contributed by atoms with Gasteiger partial charge >= 0.3 is 0 Å². The maximum atomic E-state index is 12.6. The van der Waals surface area contributed by atoms with E-state index in [-0.39, 0.29) is 5.91 Å². The van der Waals surface area contributed by atoms with E-state index in [1.807, 2.05) is 72.9 Å². The van der Waals surface area contributed by atoms with Crippen LogP contribution in [0.15, 0.2) is 79.0 Å². The fraction of sp³-hybridized carbons (Fsp3) is 0.0435. The molecule has 0 unspecified atom stereocenters. The third-order valence-corrected chi connectivity index (χ3v) is 5.80. The average molecular weight is 383 g/mol. The lowest BCUT2D eigenvalue weighted by Gasteiger charge is -2.06. The molecule has 0 atom stereocenters. The van der Waals surface area contributed by atoms with E-state index in [0.29, 0.717) is 6.42 Å². The molecule has 0 aliphatic carbocycles. The highest BCUT2D eigenvalue weighted by Crippen LogP contribution is 2.31. The first-order chi connectivity index (χ1) is 13.8. The number of nitrogens with zero attached hydrogens (tertiary/aromatic N) is 1. The molecule has 0 aliphatic rings. The van der Waals surface area contributed by atoms with Crippen LogP contribution in [0.2, 0.25) is 0 Å². The summed E-state index contributed by atoms with van der Waals surface area (Å²) in [7, 11) is 0. The SMILES string of the molecule is O=C(Cc1c[nH]c2ccccc12)Nc1cccc(-c2nc3ccccc3s2)c1. The Hall–Kier alpha value is -3.44. The van der Waals surface area contributed by atoms with Gasteiger partial charge in [-0.2, -0.15) is 0 Å². The summed E-state index contributed by atoms with van der Waals surface area (Å²) in [6.07, 6.45) is 2.23. The zero-order valence-corrected chi connectivity index (χ0v) is 15.8. The van der Waals surface area contributed by atoms with E-state index in [2.05, 4.69) is 16.4 Å². The van der Waals surface area contributed by atoms with Gasteiger partial charge < -0.3 is 10.3 Å². The Morgan fingerprint density at radius 3 is 2.79 bits per heavy atom. The van der Waals surface area contributed by atoms with E-state index in [9.17, 15) is 4.79 Å². The Kier molecular flexibility index (Phi) is 4.14. The van der Waals surface area contributed by atoms with Crippen molar-refractivity contribution in [1.82, 2.24) is 9.97 Å². The second-order valence-corrected chi connectivity index (χ2v) is 7.68. The summed E-state index contributed by atoms with van der Waals surface area (Å²) in [5, 5.41) is 5.05. The molecule has 0 fully saturated rings. The maximum Gasteiger partial charge on any atom is 0.228 e. The number of benzene rings is 3. The minimum absolute atomic E-state index is 0.0359. The van der Waals surface area contributed by atoms with Crippen LogP contribution >= 0.6 is 11.3 Å². The Balaban J connectivity index is 1.37. The second-order valence-electron chi connectivity index (χ2n) is 6.65. The summed E-state index contributed by atoms with van der Waals surface area (Å²) >= 11 is 1.66. The number of para-hydroxylation sites is 2. The van der Waals surface area contributed by atoms with Gasteiger partial charge in [0.15, 0.2) is 0 Å². The third-order valence-electron chi connectivity index (χ3n) is 4.71. The molecule has 2 N–H and O–H groups in total. The summed E-state index contributed by atoms with van der Waals surface area (Å²) in [5.41, 5.74) is 4.82. The van der Waals surface area contributed by atoms with Crippen LogP contribution < -0.4 is 5.32 Å². The van der Waals surface area contributed by atoms with Gasteiger partial charge in [0.1, 0.15) is 5.01 Å². The summed E-state index contributed by atoms with van der Waals surface area (Å²) < 4.78 is 1.16. The molecule has 0 aliphatic heterocycles. The number of fused-ring (bicyclic) bond motifs is 2. The van der Waals surface area contributed by atoms with Crippen molar-refractivity contribution in [3.63, 3.8) is 0 Å². The van der Waals surface area contributed by atoms with Gasteiger partial charge in [0, 0.05) is 28.4 Å². The standard InChI is InChI=1S/C23H17N3OS/c27-22(13-16-14-24-19-9-2-1-8-18(16)19)25-17-7-5-6-15(12-17)23-26-20-10-3-4-11-21(20)28-23/h1-12,14,24H,13H2,(H,25,27). The van der Waals surface area contributed by atoms with Crippen LogP contribution in [0, 0.1) is 0 Å². The molecular weight excluding hydrogens is 366 g/mol. The van der Waals surface area contributed by atoms with Crippen LogP contribution in [-0.4, -0.2) is 15.9 Å². The summed E-state index contributed by atoms with van der Waals surface area (Å²) in [5.74, 6) is -0.0359. The maximum absolute atomic E-state index is 12.6. The molecule has 1 amide bonds. The van der Waals surface area contributed by atoms with Gasteiger partial charge in [-0.3, -0.25) is 4.79 Å². The molecule has 0 spiro atoms. The number of hydrogen-bond donors (Lipinski definition) is 2. The number of H-pyrrole nitrogens is 1. The number of aromatic amines is 1. The molecule has 0 saturated heterocycles. The number of carbonyl (C=O) groups is 1. The van der Waals surface area contributed by atoms with Crippen LogP contribution in [0.4, 0.5) is 5.69 Å². The van der Waals surface area contributed by atoms with Gasteiger partial charge in [-0.15, -0.1) is 11.3 Å². The summed E-state index contributed by atoms with van der Waals surface area (Å²) in [6, 6.07) is 24.0. The zero-order chi connectivity index (χ0) is 18.9. The van der Waals surface area contributed by atoms with Gasteiger partial charge in [0.25, 0.3) is 0 Å². The molecule has 4 nitrogen and oxygen atoms in total. The quantitative estimate of drug-likeness (QED) is 0.423. The molecule has 3 aromatic carbocycles. The number of anilines is 1. The normalized spacial score (nSPS) is 11.1. The van der Waals surface area contributed by atoms with Gasteiger partial charge in [-0.25, -0.2) is 4.98 Å². The largest absolute Gasteiger partial charge is 0.361 e. The smallest absolute Gasteiger partial charge is 0.228 e. The fourth-order valence-electron chi connectivity index (χ4n) is 3.38. The number of thiazole rings is 1. The summed E-state index contributed by atoms with van der Waals surface area (Å²) in [6.45, 7) is 0. The molecule has 0 bridgehead atoms. The topological polar surface area (TPSA) is 57.8 Å². The van der Waals surface area contributed by atoms with Crippen molar-refractivity contribution in [2.45, 2.75) is 6.42 Å². The van der Waals surface area contributed by atoms with E-state index in [1.165, 1.54) is 0 Å². The number of carbonyl (C=O) groups excluding carboxylic acids is 1. The molecular formula is C23H17N3OS. The van der Waals surface area contributed by atoms with Gasteiger partial charge in [0.05, 0.1) is 16.6 Å². The molecule has 2 heterocycles. The second kappa shape index (κ2) is 6.94. The van der Waals surface area contributed by atoms with E-state index in [1.54, 1.807) is 11.3 Å². The molecule has 5 rings (SSSR count). The van der Waals surface area contributed by atoms with E-state index in [4.69, 9.17) is 4.98 Å². The Labute approximate surface area is 165 Å². The first-order valence-electron chi connectivity index (χ1n) is 9.07. The monoisotopic (exact) mass is 383 g/mol. The van der Waals surface area contributed by atoms with E-state index >= 15 is 0 Å². The predicted molar refractivity (Wildman–Crippen MR) is 116 cm³/mol. The third kappa shape index (κ3) is 3.17. The van der Waals surface area contributed by atoms with Crippen molar-refractivity contribution in [3.8, 4) is 10.6 Å². The van der Waals surface area contributed by atoms with Crippen LogP contribution in [0.5, 0.6) is 0 Å². The zero-order valence-electron chi connectivity index (χ0n) is 15.0. The van der Waals surface area contributed by atoms with Crippen molar-refractivity contribution in [1.29, 1.82) is 0 Å². The van der Waals surface area contributed by atoms with Crippen molar-refractivity contribution in [3.05, 3.63) is 84.6 Å².